The number of hydrogen-bond donors (Lipinski definition) is 1. The van der Waals surface area contributed by atoms with Crippen molar-refractivity contribution < 1.29 is 19.1 Å². The van der Waals surface area contributed by atoms with Gasteiger partial charge in [0.05, 0.1) is 19.8 Å². The van der Waals surface area contributed by atoms with Crippen molar-refractivity contribution in [3.63, 3.8) is 0 Å². The minimum atomic E-state index is -0.439. The van der Waals surface area contributed by atoms with E-state index in [1.165, 1.54) is 7.11 Å². The van der Waals surface area contributed by atoms with Crippen LogP contribution < -0.4 is 10.1 Å². The highest BCUT2D eigenvalue weighted by Crippen LogP contribution is 2.23. The number of esters is 1. The highest BCUT2D eigenvalue weighted by Gasteiger charge is 2.15. The molecule has 0 saturated carbocycles. The molecule has 25 heavy (non-hydrogen) atoms. The van der Waals surface area contributed by atoms with Crippen LogP contribution in [0.25, 0.3) is 0 Å². The van der Waals surface area contributed by atoms with Gasteiger partial charge in [-0.1, -0.05) is 12.1 Å². The Balaban J connectivity index is 2.30. The van der Waals surface area contributed by atoms with Crippen molar-refractivity contribution in [2.75, 3.05) is 19.5 Å². The van der Waals surface area contributed by atoms with Gasteiger partial charge in [0.2, 0.25) is 0 Å². The fourth-order valence-corrected chi connectivity index (χ4v) is 2.53. The van der Waals surface area contributed by atoms with Crippen LogP contribution in [0.5, 0.6) is 5.75 Å². The Kier molecular flexibility index (Phi) is 5.95. The third kappa shape index (κ3) is 4.07. The number of amides is 1. The summed E-state index contributed by atoms with van der Waals surface area (Å²) < 4.78 is 10.0. The Hall–Kier alpha value is -3.08. The molecule has 0 aliphatic rings. The summed E-state index contributed by atoms with van der Waals surface area (Å²) in [7, 11) is 2.91. The molecule has 2 aromatic rings. The SMILES string of the molecule is C=CCc1cc(C(=O)Nc2cccc(C(=O)OC)c2C)ccc1OC. The van der Waals surface area contributed by atoms with Crippen LogP contribution in [0.3, 0.4) is 0 Å². The number of nitrogens with one attached hydrogen (secondary N) is 1. The molecule has 0 aliphatic heterocycles. The van der Waals surface area contributed by atoms with Gasteiger partial charge >= 0.3 is 5.97 Å². The van der Waals surface area contributed by atoms with Crippen LogP contribution in [0.15, 0.2) is 49.1 Å². The summed E-state index contributed by atoms with van der Waals surface area (Å²) in [6.45, 7) is 5.48. The van der Waals surface area contributed by atoms with E-state index >= 15 is 0 Å². The van der Waals surface area contributed by atoms with Crippen molar-refractivity contribution in [2.24, 2.45) is 0 Å². The third-order valence-corrected chi connectivity index (χ3v) is 3.89. The van der Waals surface area contributed by atoms with Crippen LogP contribution in [0.2, 0.25) is 0 Å². The Morgan fingerprint density at radius 2 is 1.96 bits per heavy atom. The first-order chi connectivity index (χ1) is 12.0. The van der Waals surface area contributed by atoms with Gasteiger partial charge in [-0.25, -0.2) is 4.79 Å². The molecule has 5 heteroatoms. The van der Waals surface area contributed by atoms with Crippen LogP contribution in [0.1, 0.15) is 31.8 Å². The second-order valence-corrected chi connectivity index (χ2v) is 5.44. The zero-order valence-electron chi connectivity index (χ0n) is 14.6. The van der Waals surface area contributed by atoms with Gasteiger partial charge in [-0.2, -0.15) is 0 Å². The quantitative estimate of drug-likeness (QED) is 0.643. The minimum absolute atomic E-state index is 0.266. The van der Waals surface area contributed by atoms with E-state index in [0.717, 1.165) is 5.56 Å². The summed E-state index contributed by atoms with van der Waals surface area (Å²) in [5.41, 5.74) is 3.02. The number of rotatable bonds is 6. The first kappa shape index (κ1) is 18.3. The molecule has 1 N–H and O–H groups in total. The summed E-state index contributed by atoms with van der Waals surface area (Å²) in [6.07, 6.45) is 2.35. The van der Waals surface area contributed by atoms with E-state index in [-0.39, 0.29) is 5.91 Å². The standard InChI is InChI=1S/C20H21NO4/c1-5-7-14-12-15(10-11-18(14)24-3)19(22)21-17-9-6-8-16(13(17)2)20(23)25-4/h5-6,8-12H,1,7H2,2-4H3,(H,21,22). The number of anilines is 1. The number of benzene rings is 2. The van der Waals surface area contributed by atoms with E-state index in [2.05, 4.69) is 11.9 Å². The first-order valence-corrected chi connectivity index (χ1v) is 7.79. The van der Waals surface area contributed by atoms with Crippen LogP contribution in [-0.4, -0.2) is 26.1 Å². The lowest BCUT2D eigenvalue weighted by Gasteiger charge is -2.13. The number of hydrogen-bond acceptors (Lipinski definition) is 4. The lowest BCUT2D eigenvalue weighted by atomic mass is 10.0. The van der Waals surface area contributed by atoms with E-state index in [1.807, 2.05) is 0 Å². The number of methoxy groups -OCH3 is 2. The number of allylic oxidation sites excluding steroid dienone is 1. The molecule has 0 saturated heterocycles. The average molecular weight is 339 g/mol. The number of carbonyl (C=O) groups is 2. The van der Waals surface area contributed by atoms with Gasteiger partial charge in [-0.05, 0) is 54.8 Å². The van der Waals surface area contributed by atoms with E-state index in [4.69, 9.17) is 9.47 Å². The van der Waals surface area contributed by atoms with Gasteiger partial charge in [-0.15, -0.1) is 6.58 Å². The Bertz CT molecular complexity index is 811. The monoisotopic (exact) mass is 339 g/mol. The second-order valence-electron chi connectivity index (χ2n) is 5.44. The molecule has 0 spiro atoms. The highest BCUT2D eigenvalue weighted by molar-refractivity contribution is 6.05. The van der Waals surface area contributed by atoms with Crippen molar-refractivity contribution >= 4 is 17.6 Å². The lowest BCUT2D eigenvalue weighted by Crippen LogP contribution is -2.15. The maximum absolute atomic E-state index is 12.6. The normalized spacial score (nSPS) is 10.0. The zero-order chi connectivity index (χ0) is 18.4. The summed E-state index contributed by atoms with van der Waals surface area (Å²) in [5.74, 6) is 0.00437. The fourth-order valence-electron chi connectivity index (χ4n) is 2.53. The lowest BCUT2D eigenvalue weighted by molar-refractivity contribution is 0.0599. The fraction of sp³-hybridized carbons (Fsp3) is 0.200. The van der Waals surface area contributed by atoms with Crippen LogP contribution in [-0.2, 0) is 11.2 Å². The molecule has 130 valence electrons. The van der Waals surface area contributed by atoms with Crippen molar-refractivity contribution in [1.82, 2.24) is 0 Å². The maximum Gasteiger partial charge on any atom is 0.338 e. The summed E-state index contributed by atoms with van der Waals surface area (Å²) >= 11 is 0. The Morgan fingerprint density at radius 1 is 1.20 bits per heavy atom. The highest BCUT2D eigenvalue weighted by atomic mass is 16.5. The molecule has 0 radical (unpaired) electrons. The number of carbonyl (C=O) groups excluding carboxylic acids is 2. The van der Waals surface area contributed by atoms with Gasteiger partial charge in [0, 0.05) is 11.3 Å². The molecule has 0 aliphatic carbocycles. The molecule has 0 aromatic heterocycles. The molecule has 0 fully saturated rings. The first-order valence-electron chi connectivity index (χ1n) is 7.79. The maximum atomic E-state index is 12.6. The van der Waals surface area contributed by atoms with Gasteiger partial charge in [0.1, 0.15) is 5.75 Å². The molecule has 5 nitrogen and oxygen atoms in total. The number of ether oxygens (including phenoxy) is 2. The summed E-state index contributed by atoms with van der Waals surface area (Å²) in [4.78, 5) is 24.4. The van der Waals surface area contributed by atoms with Crippen LogP contribution >= 0.6 is 0 Å². The smallest absolute Gasteiger partial charge is 0.338 e. The Morgan fingerprint density at radius 3 is 2.60 bits per heavy atom. The molecule has 0 heterocycles. The van der Waals surface area contributed by atoms with E-state index in [9.17, 15) is 9.59 Å². The van der Waals surface area contributed by atoms with Crippen LogP contribution in [0, 0.1) is 6.92 Å². The molecule has 0 atom stereocenters. The molecular weight excluding hydrogens is 318 g/mol. The molecule has 1 amide bonds. The van der Waals surface area contributed by atoms with E-state index in [1.54, 1.807) is 56.5 Å². The van der Waals surface area contributed by atoms with Gasteiger partial charge < -0.3 is 14.8 Å². The molecule has 2 rings (SSSR count). The predicted octanol–water partition coefficient (Wildman–Crippen LogP) is 3.77. The van der Waals surface area contributed by atoms with Crippen molar-refractivity contribution in [2.45, 2.75) is 13.3 Å². The molecular formula is C20H21NO4. The van der Waals surface area contributed by atoms with Crippen molar-refractivity contribution in [1.29, 1.82) is 0 Å². The average Bonchev–Trinajstić information content (AvgIpc) is 2.63. The molecule has 2 aromatic carbocycles. The van der Waals surface area contributed by atoms with Gasteiger partial charge in [0.25, 0.3) is 5.91 Å². The predicted molar refractivity (Wildman–Crippen MR) is 97.4 cm³/mol. The second kappa shape index (κ2) is 8.15. The van der Waals surface area contributed by atoms with Crippen LogP contribution in [0.4, 0.5) is 5.69 Å². The third-order valence-electron chi connectivity index (χ3n) is 3.89. The molecule has 0 bridgehead atoms. The van der Waals surface area contributed by atoms with Crippen molar-refractivity contribution in [3.8, 4) is 5.75 Å². The minimum Gasteiger partial charge on any atom is -0.496 e. The summed E-state index contributed by atoms with van der Waals surface area (Å²) in [6, 6.07) is 10.3. The topological polar surface area (TPSA) is 64.6 Å². The van der Waals surface area contributed by atoms with Crippen molar-refractivity contribution in [3.05, 3.63) is 71.3 Å². The van der Waals surface area contributed by atoms with E-state index < -0.39 is 5.97 Å². The molecule has 0 unspecified atom stereocenters. The summed E-state index contributed by atoms with van der Waals surface area (Å²) in [5, 5.41) is 2.84. The zero-order valence-corrected chi connectivity index (χ0v) is 14.6. The van der Waals surface area contributed by atoms with Gasteiger partial charge in [-0.3, -0.25) is 4.79 Å². The largest absolute Gasteiger partial charge is 0.496 e. The van der Waals surface area contributed by atoms with E-state index in [0.29, 0.717) is 34.5 Å². The Labute approximate surface area is 147 Å². The van der Waals surface area contributed by atoms with Gasteiger partial charge in [0.15, 0.2) is 0 Å².